The van der Waals surface area contributed by atoms with Crippen LogP contribution in [0.2, 0.25) is 0 Å². The van der Waals surface area contributed by atoms with Gasteiger partial charge in [-0.1, -0.05) is 27.7 Å². The molecule has 3 aromatic rings. The zero-order chi connectivity index (χ0) is 15.8. The molecule has 0 bridgehead atoms. The number of nitrogens with zero attached hydrogens (tertiary/aromatic N) is 3. The van der Waals surface area contributed by atoms with Crippen molar-refractivity contribution in [2.75, 3.05) is 11.6 Å². The summed E-state index contributed by atoms with van der Waals surface area (Å²) in [5, 5.41) is 12.3. The van der Waals surface area contributed by atoms with E-state index in [1.54, 1.807) is 6.26 Å². The first-order chi connectivity index (χ1) is 11.2. The number of nitrogens with one attached hydrogen (secondary N) is 1. The van der Waals surface area contributed by atoms with Gasteiger partial charge in [-0.3, -0.25) is 0 Å². The molecule has 2 aromatic heterocycles. The van der Waals surface area contributed by atoms with Crippen molar-refractivity contribution in [1.82, 2.24) is 15.2 Å². The van der Waals surface area contributed by atoms with Crippen molar-refractivity contribution in [2.24, 2.45) is 0 Å². The van der Waals surface area contributed by atoms with Crippen molar-refractivity contribution >= 4 is 33.4 Å². The highest BCUT2D eigenvalue weighted by atomic mass is 79.9. The first kappa shape index (κ1) is 14.5. The maximum Gasteiger partial charge on any atom is 0.247 e. The number of aromatic nitrogens is 3. The van der Waals surface area contributed by atoms with E-state index >= 15 is 0 Å². The Morgan fingerprint density at radius 1 is 1.26 bits per heavy atom. The fourth-order valence-corrected chi connectivity index (χ4v) is 2.98. The molecule has 0 fully saturated rings. The van der Waals surface area contributed by atoms with Gasteiger partial charge in [-0.15, -0.1) is 10.2 Å². The average molecular weight is 391 g/mol. The number of hydrogen-bond donors (Lipinski definition) is 1. The lowest BCUT2D eigenvalue weighted by molar-refractivity contribution is 0.195. The molecular formula is C15H11BrN4O2S. The van der Waals surface area contributed by atoms with Crippen LogP contribution in [0.25, 0.3) is 11.3 Å². The van der Waals surface area contributed by atoms with Crippen molar-refractivity contribution in [1.29, 1.82) is 0 Å². The molecule has 4 rings (SSSR count). The quantitative estimate of drug-likeness (QED) is 0.659. The van der Waals surface area contributed by atoms with E-state index < -0.39 is 6.23 Å². The van der Waals surface area contributed by atoms with E-state index in [2.05, 4.69) is 36.4 Å². The van der Waals surface area contributed by atoms with Gasteiger partial charge < -0.3 is 14.5 Å². The van der Waals surface area contributed by atoms with Crippen LogP contribution in [0.1, 0.15) is 12.0 Å². The third-order valence-electron chi connectivity index (χ3n) is 3.37. The van der Waals surface area contributed by atoms with Crippen LogP contribution in [0.3, 0.4) is 0 Å². The Bertz CT molecular complexity index is 857. The highest BCUT2D eigenvalue weighted by molar-refractivity contribution is 9.10. The molecule has 1 aliphatic heterocycles. The summed E-state index contributed by atoms with van der Waals surface area (Å²) in [6.45, 7) is 0. The maximum atomic E-state index is 6.02. The summed E-state index contributed by atoms with van der Waals surface area (Å²) in [5.74, 6) is 1.09. The molecule has 3 heterocycles. The van der Waals surface area contributed by atoms with Crippen molar-refractivity contribution in [3.05, 3.63) is 46.8 Å². The number of benzene rings is 1. The summed E-state index contributed by atoms with van der Waals surface area (Å²) >= 11 is 4.90. The highest BCUT2D eigenvalue weighted by Crippen LogP contribution is 2.40. The number of fused-ring (bicyclic) bond motifs is 3. The Labute approximate surface area is 144 Å². The first-order valence-corrected chi connectivity index (χ1v) is 8.81. The molecule has 23 heavy (non-hydrogen) atoms. The van der Waals surface area contributed by atoms with E-state index in [4.69, 9.17) is 9.15 Å². The van der Waals surface area contributed by atoms with Crippen molar-refractivity contribution < 1.29 is 9.15 Å². The summed E-state index contributed by atoms with van der Waals surface area (Å²) < 4.78 is 12.4. The third kappa shape index (κ3) is 2.68. The second-order valence-electron chi connectivity index (χ2n) is 4.80. The Balaban J connectivity index is 1.90. The minimum absolute atomic E-state index is 0.426. The van der Waals surface area contributed by atoms with Gasteiger partial charge in [0.1, 0.15) is 0 Å². The zero-order valence-electron chi connectivity index (χ0n) is 12.0. The second-order valence-corrected chi connectivity index (χ2v) is 6.49. The van der Waals surface area contributed by atoms with Crippen molar-refractivity contribution in [3.8, 4) is 17.1 Å². The minimum atomic E-state index is -0.488. The van der Waals surface area contributed by atoms with Gasteiger partial charge in [0.05, 0.1) is 6.26 Å². The largest absolute Gasteiger partial charge is 0.463 e. The topological polar surface area (TPSA) is 73.1 Å². The lowest BCUT2D eigenvalue weighted by Crippen LogP contribution is -2.16. The predicted molar refractivity (Wildman–Crippen MR) is 90.4 cm³/mol. The van der Waals surface area contributed by atoms with Gasteiger partial charge in [0.2, 0.25) is 17.3 Å². The van der Waals surface area contributed by atoms with E-state index in [-0.39, 0.29) is 0 Å². The van der Waals surface area contributed by atoms with Crippen LogP contribution in [0.5, 0.6) is 5.88 Å². The Hall–Kier alpha value is -2.06. The maximum absolute atomic E-state index is 6.02. The molecule has 0 radical (unpaired) electrons. The Morgan fingerprint density at radius 3 is 2.96 bits per heavy atom. The van der Waals surface area contributed by atoms with Gasteiger partial charge in [0.15, 0.2) is 11.5 Å². The monoisotopic (exact) mass is 390 g/mol. The molecule has 0 unspecified atom stereocenters. The molecule has 0 spiro atoms. The molecule has 1 aromatic carbocycles. The highest BCUT2D eigenvalue weighted by Gasteiger charge is 2.27. The lowest BCUT2D eigenvalue weighted by Gasteiger charge is -2.16. The van der Waals surface area contributed by atoms with E-state index in [9.17, 15) is 0 Å². The summed E-state index contributed by atoms with van der Waals surface area (Å²) in [7, 11) is 0. The average Bonchev–Trinajstić information content (AvgIpc) is 3.05. The minimum Gasteiger partial charge on any atom is -0.463 e. The number of hydrogen-bond acceptors (Lipinski definition) is 7. The van der Waals surface area contributed by atoms with Gasteiger partial charge in [0.25, 0.3) is 0 Å². The van der Waals surface area contributed by atoms with Crippen LogP contribution in [0.15, 0.2) is 50.6 Å². The fraction of sp³-hybridized carbons (Fsp3) is 0.133. The fourth-order valence-electron chi connectivity index (χ4n) is 2.33. The van der Waals surface area contributed by atoms with Gasteiger partial charge >= 0.3 is 0 Å². The predicted octanol–water partition coefficient (Wildman–Crippen LogP) is 4.12. The SMILES string of the molecule is CSc1nnc2c(n1)O[C@@H](c1ccco1)Nc1ccc(Br)cc1-2. The number of rotatable bonds is 2. The summed E-state index contributed by atoms with van der Waals surface area (Å²) in [6.07, 6.45) is 3.02. The molecule has 0 aliphatic carbocycles. The van der Waals surface area contributed by atoms with Gasteiger partial charge in [-0.25, -0.2) is 0 Å². The van der Waals surface area contributed by atoms with E-state index in [1.807, 2.05) is 36.6 Å². The summed E-state index contributed by atoms with van der Waals surface area (Å²) in [5.41, 5.74) is 2.35. The molecule has 1 aliphatic rings. The smallest absolute Gasteiger partial charge is 0.247 e. The van der Waals surface area contributed by atoms with E-state index in [1.165, 1.54) is 11.8 Å². The van der Waals surface area contributed by atoms with E-state index in [0.717, 1.165) is 15.7 Å². The van der Waals surface area contributed by atoms with Gasteiger partial charge in [0, 0.05) is 15.7 Å². The zero-order valence-corrected chi connectivity index (χ0v) is 14.4. The van der Waals surface area contributed by atoms with Crippen LogP contribution >= 0.6 is 27.7 Å². The second kappa shape index (κ2) is 5.86. The normalized spacial score (nSPS) is 15.8. The first-order valence-electron chi connectivity index (χ1n) is 6.80. The molecule has 116 valence electrons. The third-order valence-corrected chi connectivity index (χ3v) is 4.40. The number of anilines is 1. The molecule has 1 atom stereocenters. The van der Waals surface area contributed by atoms with Crippen LogP contribution in [-0.4, -0.2) is 21.4 Å². The molecule has 6 nitrogen and oxygen atoms in total. The summed E-state index contributed by atoms with van der Waals surface area (Å²) in [6, 6.07) is 9.54. The standard InChI is InChI=1S/C15H11BrN4O2S/c1-23-15-18-14-12(19-20-15)9-7-8(16)4-5-10(9)17-13(22-14)11-3-2-6-21-11/h2-7,13,17H,1H3/t13-/m0/s1. The van der Waals surface area contributed by atoms with Crippen LogP contribution < -0.4 is 10.1 Å². The van der Waals surface area contributed by atoms with E-state index in [0.29, 0.717) is 22.5 Å². The van der Waals surface area contributed by atoms with Crippen LogP contribution in [0.4, 0.5) is 5.69 Å². The molecule has 1 N–H and O–H groups in total. The number of thioether (sulfide) groups is 1. The van der Waals surface area contributed by atoms with Crippen LogP contribution in [0, 0.1) is 0 Å². The van der Waals surface area contributed by atoms with Gasteiger partial charge in [-0.05, 0) is 36.6 Å². The molecule has 0 saturated carbocycles. The molecule has 0 saturated heterocycles. The molecule has 0 amide bonds. The Kier molecular flexibility index (Phi) is 3.70. The Morgan fingerprint density at radius 2 is 2.17 bits per heavy atom. The number of furan rings is 1. The van der Waals surface area contributed by atoms with Crippen molar-refractivity contribution in [3.63, 3.8) is 0 Å². The van der Waals surface area contributed by atoms with Gasteiger partial charge in [-0.2, -0.15) is 4.98 Å². The van der Waals surface area contributed by atoms with Crippen LogP contribution in [-0.2, 0) is 0 Å². The number of halogens is 1. The summed E-state index contributed by atoms with van der Waals surface area (Å²) in [4.78, 5) is 4.45. The molecule has 8 heteroatoms. The van der Waals surface area contributed by atoms with Crippen molar-refractivity contribution in [2.45, 2.75) is 11.4 Å². The lowest BCUT2D eigenvalue weighted by atomic mass is 10.1. The number of ether oxygens (including phenoxy) is 1. The molecular weight excluding hydrogens is 380 g/mol.